The maximum Gasteiger partial charge on any atom is 0.290 e. The third-order valence-electron chi connectivity index (χ3n) is 5.32. The fourth-order valence-corrected chi connectivity index (χ4v) is 3.94. The highest BCUT2D eigenvalue weighted by Gasteiger charge is 2.29. The SMILES string of the molecule is CNCC1CCCN(C(=O)c2oc3ccccc3c2COc2ccccc2)C1. The third-order valence-corrected chi connectivity index (χ3v) is 5.32. The molecule has 0 saturated carbocycles. The van der Waals surface area contributed by atoms with Crippen LogP contribution in [0.4, 0.5) is 0 Å². The number of likely N-dealkylation sites (tertiary alicyclic amines) is 1. The first-order valence-corrected chi connectivity index (χ1v) is 9.88. The molecule has 3 aromatic rings. The number of fused-ring (bicyclic) bond motifs is 1. The van der Waals surface area contributed by atoms with Crippen molar-refractivity contribution >= 4 is 16.9 Å². The molecule has 0 aliphatic carbocycles. The minimum Gasteiger partial charge on any atom is -0.489 e. The molecule has 0 spiro atoms. The van der Waals surface area contributed by atoms with Gasteiger partial charge in [-0.05, 0) is 50.6 Å². The highest BCUT2D eigenvalue weighted by Crippen LogP contribution is 2.29. The molecule has 5 heteroatoms. The normalized spacial score (nSPS) is 17.0. The zero-order valence-electron chi connectivity index (χ0n) is 16.2. The summed E-state index contributed by atoms with van der Waals surface area (Å²) in [6.07, 6.45) is 2.17. The predicted molar refractivity (Wildman–Crippen MR) is 110 cm³/mol. The Labute approximate surface area is 165 Å². The Hall–Kier alpha value is -2.79. The monoisotopic (exact) mass is 378 g/mol. The molecule has 1 N–H and O–H groups in total. The highest BCUT2D eigenvalue weighted by molar-refractivity contribution is 5.99. The van der Waals surface area contributed by atoms with E-state index in [9.17, 15) is 4.79 Å². The number of carbonyl (C=O) groups excluding carboxylic acids is 1. The average Bonchev–Trinajstić information content (AvgIpc) is 3.11. The summed E-state index contributed by atoms with van der Waals surface area (Å²) >= 11 is 0. The molecular weight excluding hydrogens is 352 g/mol. The zero-order chi connectivity index (χ0) is 19.3. The van der Waals surface area contributed by atoms with E-state index in [1.807, 2.05) is 66.5 Å². The first-order valence-electron chi connectivity index (χ1n) is 9.88. The summed E-state index contributed by atoms with van der Waals surface area (Å²) in [6.45, 7) is 2.76. The maximum atomic E-state index is 13.3. The van der Waals surface area contributed by atoms with Gasteiger partial charge in [-0.3, -0.25) is 4.79 Å². The van der Waals surface area contributed by atoms with Crippen molar-refractivity contribution in [2.45, 2.75) is 19.4 Å². The van der Waals surface area contributed by atoms with Gasteiger partial charge < -0.3 is 19.4 Å². The first kappa shape index (κ1) is 18.6. The smallest absolute Gasteiger partial charge is 0.290 e. The van der Waals surface area contributed by atoms with E-state index in [1.54, 1.807) is 0 Å². The number of amides is 1. The number of carbonyl (C=O) groups is 1. The summed E-state index contributed by atoms with van der Waals surface area (Å²) in [5.74, 6) is 1.63. The number of para-hydroxylation sites is 2. The maximum absolute atomic E-state index is 13.3. The minimum absolute atomic E-state index is 0.0383. The van der Waals surface area contributed by atoms with Crippen LogP contribution < -0.4 is 10.1 Å². The second-order valence-corrected chi connectivity index (χ2v) is 7.32. The minimum atomic E-state index is -0.0383. The van der Waals surface area contributed by atoms with Gasteiger partial charge in [0.05, 0.1) is 0 Å². The van der Waals surface area contributed by atoms with Gasteiger partial charge in [-0.1, -0.05) is 36.4 Å². The van der Waals surface area contributed by atoms with E-state index in [0.29, 0.717) is 18.3 Å². The van der Waals surface area contributed by atoms with E-state index in [0.717, 1.165) is 54.8 Å². The second kappa shape index (κ2) is 8.48. The lowest BCUT2D eigenvalue weighted by Crippen LogP contribution is -2.42. The number of furan rings is 1. The van der Waals surface area contributed by atoms with Crippen LogP contribution in [-0.2, 0) is 6.61 Å². The zero-order valence-corrected chi connectivity index (χ0v) is 16.2. The van der Waals surface area contributed by atoms with E-state index in [2.05, 4.69) is 5.32 Å². The van der Waals surface area contributed by atoms with Crippen molar-refractivity contribution in [1.29, 1.82) is 0 Å². The van der Waals surface area contributed by atoms with E-state index in [-0.39, 0.29) is 5.91 Å². The van der Waals surface area contributed by atoms with Crippen molar-refractivity contribution in [3.05, 3.63) is 65.9 Å². The van der Waals surface area contributed by atoms with Crippen molar-refractivity contribution in [3.63, 3.8) is 0 Å². The molecule has 4 rings (SSSR count). The van der Waals surface area contributed by atoms with Gasteiger partial charge in [0.25, 0.3) is 5.91 Å². The summed E-state index contributed by atoms with van der Waals surface area (Å²) in [7, 11) is 1.96. The van der Waals surface area contributed by atoms with Crippen LogP contribution in [0.25, 0.3) is 11.0 Å². The Morgan fingerprint density at radius 1 is 1.18 bits per heavy atom. The van der Waals surface area contributed by atoms with Crippen molar-refractivity contribution in [1.82, 2.24) is 10.2 Å². The molecule has 1 unspecified atom stereocenters. The van der Waals surface area contributed by atoms with Gasteiger partial charge in [-0.15, -0.1) is 0 Å². The van der Waals surface area contributed by atoms with E-state index in [1.165, 1.54) is 0 Å². The number of hydrogen-bond donors (Lipinski definition) is 1. The number of benzene rings is 2. The first-order chi connectivity index (χ1) is 13.8. The number of ether oxygens (including phenoxy) is 1. The molecule has 1 atom stereocenters. The van der Waals surface area contributed by atoms with Gasteiger partial charge in [0.15, 0.2) is 5.76 Å². The Balaban J connectivity index is 1.61. The Kier molecular flexibility index (Phi) is 5.63. The van der Waals surface area contributed by atoms with Crippen molar-refractivity contribution < 1.29 is 13.9 Å². The summed E-state index contributed by atoms with van der Waals surface area (Å²) in [6, 6.07) is 17.4. The molecule has 1 aliphatic rings. The van der Waals surface area contributed by atoms with Gasteiger partial charge >= 0.3 is 0 Å². The van der Waals surface area contributed by atoms with Crippen molar-refractivity contribution in [2.75, 3.05) is 26.7 Å². The lowest BCUT2D eigenvalue weighted by molar-refractivity contribution is 0.0641. The fraction of sp³-hybridized carbons (Fsp3) is 0.348. The van der Waals surface area contributed by atoms with Gasteiger partial charge in [0.2, 0.25) is 0 Å². The molecule has 0 radical (unpaired) electrons. The number of piperidine rings is 1. The molecule has 146 valence electrons. The predicted octanol–water partition coefficient (Wildman–Crippen LogP) is 4.08. The van der Waals surface area contributed by atoms with Crippen LogP contribution in [0.1, 0.15) is 29.0 Å². The summed E-state index contributed by atoms with van der Waals surface area (Å²) < 4.78 is 12.0. The standard InChI is InChI=1S/C23H26N2O3/c1-24-14-17-8-7-13-25(15-17)23(26)22-20(16-27-18-9-3-2-4-10-18)19-11-5-6-12-21(19)28-22/h2-6,9-12,17,24H,7-8,13-16H2,1H3. The molecule has 2 heterocycles. The van der Waals surface area contributed by atoms with Crippen LogP contribution in [-0.4, -0.2) is 37.5 Å². The van der Waals surface area contributed by atoms with Gasteiger partial charge in [-0.25, -0.2) is 0 Å². The van der Waals surface area contributed by atoms with Gasteiger partial charge in [0.1, 0.15) is 17.9 Å². The largest absolute Gasteiger partial charge is 0.489 e. The fourth-order valence-electron chi connectivity index (χ4n) is 3.94. The van der Waals surface area contributed by atoms with E-state index < -0.39 is 0 Å². The Morgan fingerprint density at radius 3 is 2.79 bits per heavy atom. The number of rotatable bonds is 6. The van der Waals surface area contributed by atoms with Crippen LogP contribution in [0.5, 0.6) is 5.75 Å². The number of nitrogens with one attached hydrogen (secondary N) is 1. The average molecular weight is 378 g/mol. The Morgan fingerprint density at radius 2 is 1.96 bits per heavy atom. The molecule has 2 aromatic carbocycles. The van der Waals surface area contributed by atoms with Crippen LogP contribution in [0.3, 0.4) is 0 Å². The molecule has 1 saturated heterocycles. The molecule has 28 heavy (non-hydrogen) atoms. The number of hydrogen-bond acceptors (Lipinski definition) is 4. The van der Waals surface area contributed by atoms with E-state index >= 15 is 0 Å². The topological polar surface area (TPSA) is 54.7 Å². The van der Waals surface area contributed by atoms with Gasteiger partial charge in [0, 0.05) is 24.0 Å². The van der Waals surface area contributed by atoms with Crippen molar-refractivity contribution in [3.8, 4) is 5.75 Å². The van der Waals surface area contributed by atoms with E-state index in [4.69, 9.17) is 9.15 Å². The molecule has 1 amide bonds. The number of nitrogens with zero attached hydrogens (tertiary/aromatic N) is 1. The van der Waals surface area contributed by atoms with Crippen LogP contribution >= 0.6 is 0 Å². The molecule has 0 bridgehead atoms. The van der Waals surface area contributed by atoms with Gasteiger partial charge in [-0.2, -0.15) is 0 Å². The lowest BCUT2D eigenvalue weighted by atomic mass is 9.97. The molecule has 5 nitrogen and oxygen atoms in total. The molecule has 1 fully saturated rings. The summed E-state index contributed by atoms with van der Waals surface area (Å²) in [5.41, 5.74) is 1.54. The summed E-state index contributed by atoms with van der Waals surface area (Å²) in [5, 5.41) is 4.16. The molecule has 1 aliphatic heterocycles. The summed E-state index contributed by atoms with van der Waals surface area (Å²) in [4.78, 5) is 15.2. The van der Waals surface area contributed by atoms with Crippen LogP contribution in [0.15, 0.2) is 59.0 Å². The highest BCUT2D eigenvalue weighted by atomic mass is 16.5. The lowest BCUT2D eigenvalue weighted by Gasteiger charge is -2.32. The second-order valence-electron chi connectivity index (χ2n) is 7.32. The van der Waals surface area contributed by atoms with Crippen molar-refractivity contribution in [2.24, 2.45) is 5.92 Å². The third kappa shape index (κ3) is 3.90. The quantitative estimate of drug-likeness (QED) is 0.702. The molecule has 1 aromatic heterocycles. The molecular formula is C23H26N2O3. The van der Waals surface area contributed by atoms with Crippen LogP contribution in [0, 0.1) is 5.92 Å². The van der Waals surface area contributed by atoms with Crippen LogP contribution in [0.2, 0.25) is 0 Å². The Bertz CT molecular complexity index is 933.